The maximum Gasteiger partial charge on any atom is 0.159 e. The zero-order valence-corrected chi connectivity index (χ0v) is 7.36. The van der Waals surface area contributed by atoms with Crippen LogP contribution in [0.5, 0.6) is 0 Å². The first-order valence-corrected chi connectivity index (χ1v) is 4.13. The first kappa shape index (κ1) is 7.92. The summed E-state index contributed by atoms with van der Waals surface area (Å²) >= 11 is 0. The first-order valence-electron chi connectivity index (χ1n) is 4.13. The number of hydrogen-bond acceptors (Lipinski definition) is 2. The van der Waals surface area contributed by atoms with E-state index in [2.05, 4.69) is 16.0 Å². The molecule has 0 fully saturated rings. The lowest BCUT2D eigenvalue weighted by molar-refractivity contribution is 1.10. The Kier molecular flexibility index (Phi) is 2.04. The SMILES string of the molecule is Cc1[c]cnc(-c2ccccc2)n1. The van der Waals surface area contributed by atoms with Crippen molar-refractivity contribution in [1.29, 1.82) is 0 Å². The first-order chi connectivity index (χ1) is 6.36. The number of nitrogens with zero attached hydrogens (tertiary/aromatic N) is 2. The van der Waals surface area contributed by atoms with Crippen molar-refractivity contribution in [3.8, 4) is 11.4 Å². The van der Waals surface area contributed by atoms with Gasteiger partial charge in [-0.05, 0) is 6.92 Å². The van der Waals surface area contributed by atoms with Crippen molar-refractivity contribution in [1.82, 2.24) is 9.97 Å². The lowest BCUT2D eigenvalue weighted by Gasteiger charge is -1.98. The third kappa shape index (κ3) is 1.72. The molecule has 0 atom stereocenters. The molecule has 0 aliphatic heterocycles. The van der Waals surface area contributed by atoms with Crippen molar-refractivity contribution in [2.75, 3.05) is 0 Å². The second-order valence-electron chi connectivity index (χ2n) is 2.79. The van der Waals surface area contributed by atoms with Gasteiger partial charge in [-0.15, -0.1) is 0 Å². The molecule has 0 saturated heterocycles. The molecule has 2 nitrogen and oxygen atoms in total. The Morgan fingerprint density at radius 2 is 1.92 bits per heavy atom. The Balaban J connectivity index is 2.48. The van der Waals surface area contributed by atoms with Gasteiger partial charge < -0.3 is 0 Å². The van der Waals surface area contributed by atoms with Gasteiger partial charge in [-0.25, -0.2) is 9.97 Å². The molecule has 1 heterocycles. The van der Waals surface area contributed by atoms with Crippen LogP contribution in [0.3, 0.4) is 0 Å². The molecular weight excluding hydrogens is 160 g/mol. The summed E-state index contributed by atoms with van der Waals surface area (Å²) in [6.45, 7) is 1.91. The third-order valence-electron chi connectivity index (χ3n) is 1.77. The van der Waals surface area contributed by atoms with Gasteiger partial charge in [0.05, 0.1) is 0 Å². The van der Waals surface area contributed by atoms with Gasteiger partial charge in [-0.3, -0.25) is 0 Å². The molecule has 0 saturated carbocycles. The van der Waals surface area contributed by atoms with E-state index >= 15 is 0 Å². The number of hydrogen-bond donors (Lipinski definition) is 0. The van der Waals surface area contributed by atoms with Gasteiger partial charge in [0.25, 0.3) is 0 Å². The molecular formula is C11H9N2. The summed E-state index contributed by atoms with van der Waals surface area (Å²) in [5, 5.41) is 0. The largest absolute Gasteiger partial charge is 0.236 e. The molecule has 2 rings (SSSR count). The van der Waals surface area contributed by atoms with E-state index in [1.807, 2.05) is 37.3 Å². The highest BCUT2D eigenvalue weighted by molar-refractivity contribution is 5.53. The Hall–Kier alpha value is -1.70. The number of benzene rings is 1. The van der Waals surface area contributed by atoms with E-state index < -0.39 is 0 Å². The average molecular weight is 169 g/mol. The standard InChI is InChI=1S/C11H9N2/c1-9-7-8-12-11(13-9)10-5-3-2-4-6-10/h2-6,8H,1H3. The molecule has 1 radical (unpaired) electrons. The van der Waals surface area contributed by atoms with Gasteiger partial charge in [0.1, 0.15) is 0 Å². The fraction of sp³-hybridized carbons (Fsp3) is 0.0909. The molecule has 0 spiro atoms. The average Bonchev–Trinajstić information content (AvgIpc) is 2.19. The molecule has 2 heteroatoms. The lowest BCUT2D eigenvalue weighted by atomic mass is 10.2. The van der Waals surface area contributed by atoms with Gasteiger partial charge in [0.2, 0.25) is 0 Å². The predicted molar refractivity (Wildman–Crippen MR) is 51.0 cm³/mol. The highest BCUT2D eigenvalue weighted by Gasteiger charge is 1.98. The molecule has 0 aliphatic carbocycles. The van der Waals surface area contributed by atoms with E-state index in [0.717, 1.165) is 17.1 Å². The maximum absolute atomic E-state index is 4.28. The Morgan fingerprint density at radius 3 is 2.62 bits per heavy atom. The minimum Gasteiger partial charge on any atom is -0.236 e. The molecule has 63 valence electrons. The molecule has 0 amide bonds. The zero-order chi connectivity index (χ0) is 9.10. The summed E-state index contributed by atoms with van der Waals surface area (Å²) in [6, 6.07) is 12.8. The van der Waals surface area contributed by atoms with Crippen molar-refractivity contribution in [3.63, 3.8) is 0 Å². The van der Waals surface area contributed by atoms with Crippen molar-refractivity contribution in [2.24, 2.45) is 0 Å². The predicted octanol–water partition coefficient (Wildman–Crippen LogP) is 2.25. The smallest absolute Gasteiger partial charge is 0.159 e. The van der Waals surface area contributed by atoms with Crippen LogP contribution < -0.4 is 0 Å². The van der Waals surface area contributed by atoms with Crippen LogP contribution >= 0.6 is 0 Å². The molecule has 1 aromatic heterocycles. The van der Waals surface area contributed by atoms with Gasteiger partial charge in [-0.1, -0.05) is 30.3 Å². The van der Waals surface area contributed by atoms with E-state index in [9.17, 15) is 0 Å². The minimum absolute atomic E-state index is 0.761. The number of rotatable bonds is 1. The Bertz CT molecular complexity index is 396. The summed E-state index contributed by atoms with van der Waals surface area (Å²) < 4.78 is 0. The summed E-state index contributed by atoms with van der Waals surface area (Å²) in [5.74, 6) is 0.761. The topological polar surface area (TPSA) is 25.8 Å². The van der Waals surface area contributed by atoms with Gasteiger partial charge >= 0.3 is 0 Å². The number of aromatic nitrogens is 2. The zero-order valence-electron chi connectivity index (χ0n) is 7.36. The second-order valence-corrected chi connectivity index (χ2v) is 2.79. The summed E-state index contributed by atoms with van der Waals surface area (Å²) in [6.07, 6.45) is 1.66. The maximum atomic E-state index is 4.28. The molecule has 2 aromatic rings. The van der Waals surface area contributed by atoms with Gasteiger partial charge in [0.15, 0.2) is 5.82 Å². The second kappa shape index (κ2) is 3.35. The van der Waals surface area contributed by atoms with E-state index in [1.165, 1.54) is 0 Å². The molecule has 0 N–H and O–H groups in total. The van der Waals surface area contributed by atoms with Crippen molar-refractivity contribution >= 4 is 0 Å². The van der Waals surface area contributed by atoms with E-state index in [-0.39, 0.29) is 0 Å². The van der Waals surface area contributed by atoms with Crippen LogP contribution in [0.4, 0.5) is 0 Å². The molecule has 0 bridgehead atoms. The van der Waals surface area contributed by atoms with Crippen LogP contribution in [-0.2, 0) is 0 Å². The summed E-state index contributed by atoms with van der Waals surface area (Å²) in [5.41, 5.74) is 1.91. The van der Waals surface area contributed by atoms with E-state index in [4.69, 9.17) is 0 Å². The van der Waals surface area contributed by atoms with Crippen molar-refractivity contribution < 1.29 is 0 Å². The van der Waals surface area contributed by atoms with Crippen LogP contribution in [-0.4, -0.2) is 9.97 Å². The minimum atomic E-state index is 0.761. The molecule has 0 aliphatic rings. The highest BCUT2D eigenvalue weighted by atomic mass is 14.9. The Morgan fingerprint density at radius 1 is 1.15 bits per heavy atom. The van der Waals surface area contributed by atoms with Gasteiger partial charge in [0, 0.05) is 23.5 Å². The van der Waals surface area contributed by atoms with E-state index in [0.29, 0.717) is 0 Å². The summed E-state index contributed by atoms with van der Waals surface area (Å²) in [7, 11) is 0. The monoisotopic (exact) mass is 169 g/mol. The van der Waals surface area contributed by atoms with Crippen LogP contribution in [0.15, 0.2) is 36.5 Å². The molecule has 13 heavy (non-hydrogen) atoms. The van der Waals surface area contributed by atoms with Crippen LogP contribution in [0.2, 0.25) is 0 Å². The Labute approximate surface area is 77.3 Å². The fourth-order valence-electron chi connectivity index (χ4n) is 1.13. The summed E-state index contributed by atoms with van der Waals surface area (Å²) in [4.78, 5) is 8.42. The fourth-order valence-corrected chi connectivity index (χ4v) is 1.13. The van der Waals surface area contributed by atoms with E-state index in [1.54, 1.807) is 6.20 Å². The highest BCUT2D eigenvalue weighted by Crippen LogP contribution is 2.12. The third-order valence-corrected chi connectivity index (χ3v) is 1.77. The molecule has 1 aromatic carbocycles. The van der Waals surface area contributed by atoms with Gasteiger partial charge in [-0.2, -0.15) is 0 Å². The van der Waals surface area contributed by atoms with Crippen LogP contribution in [0.1, 0.15) is 5.69 Å². The quantitative estimate of drug-likeness (QED) is 0.654. The van der Waals surface area contributed by atoms with Crippen LogP contribution in [0, 0.1) is 13.0 Å². The van der Waals surface area contributed by atoms with Crippen molar-refractivity contribution in [3.05, 3.63) is 48.3 Å². The lowest BCUT2D eigenvalue weighted by Crippen LogP contribution is -1.89. The normalized spacial score (nSPS) is 9.92. The van der Waals surface area contributed by atoms with Crippen LogP contribution in [0.25, 0.3) is 11.4 Å². The van der Waals surface area contributed by atoms with Crippen molar-refractivity contribution in [2.45, 2.75) is 6.92 Å². The number of aryl methyl sites for hydroxylation is 1. The molecule has 0 unspecified atom stereocenters.